The highest BCUT2D eigenvalue weighted by molar-refractivity contribution is 7.99. The number of H-pyrrole nitrogens is 1. The molecule has 0 bridgehead atoms. The number of rotatable bonds is 6. The smallest absolute Gasteiger partial charge is 0.171 e. The SMILES string of the molecule is COc1ccc(-c2nc(Sc3ccc(C(C)(C)C)cc3)[nH]c2-c2ccc(OC)cc2)cc1. The van der Waals surface area contributed by atoms with Gasteiger partial charge in [0.2, 0.25) is 0 Å². The van der Waals surface area contributed by atoms with Gasteiger partial charge in [-0.2, -0.15) is 0 Å². The number of aromatic amines is 1. The monoisotopic (exact) mass is 444 g/mol. The number of aromatic nitrogens is 2. The van der Waals surface area contributed by atoms with Gasteiger partial charge in [0.25, 0.3) is 0 Å². The van der Waals surface area contributed by atoms with E-state index >= 15 is 0 Å². The maximum atomic E-state index is 5.32. The zero-order valence-corrected chi connectivity index (χ0v) is 19.9. The van der Waals surface area contributed by atoms with Crippen LogP contribution in [0.2, 0.25) is 0 Å². The predicted octanol–water partition coefficient (Wildman–Crippen LogP) is 7.21. The second-order valence-electron chi connectivity index (χ2n) is 8.60. The van der Waals surface area contributed by atoms with E-state index in [0.717, 1.165) is 44.1 Å². The standard InChI is InChI=1S/C27H28N2O2S/c1-27(2,3)20-10-16-23(17-11-20)32-26-28-24(18-6-12-21(30-4)13-7-18)25(29-26)19-8-14-22(31-5)15-9-19/h6-17H,1-5H3,(H,28,29). The minimum atomic E-state index is 0.136. The van der Waals surface area contributed by atoms with Gasteiger partial charge in [-0.25, -0.2) is 4.98 Å². The molecule has 0 saturated heterocycles. The molecule has 4 rings (SSSR count). The fourth-order valence-corrected chi connectivity index (χ4v) is 4.24. The van der Waals surface area contributed by atoms with Crippen LogP contribution in [-0.4, -0.2) is 24.2 Å². The topological polar surface area (TPSA) is 47.1 Å². The van der Waals surface area contributed by atoms with Crippen molar-refractivity contribution in [3.8, 4) is 34.0 Å². The normalized spacial score (nSPS) is 11.4. The Bertz CT molecular complexity index is 1110. The number of nitrogens with zero attached hydrogens (tertiary/aromatic N) is 1. The third kappa shape index (κ3) is 4.83. The van der Waals surface area contributed by atoms with Crippen molar-refractivity contribution in [2.75, 3.05) is 14.2 Å². The molecule has 0 unspecified atom stereocenters. The summed E-state index contributed by atoms with van der Waals surface area (Å²) in [6.07, 6.45) is 0. The Morgan fingerprint density at radius 3 is 1.75 bits per heavy atom. The van der Waals surface area contributed by atoms with E-state index in [1.54, 1.807) is 26.0 Å². The summed E-state index contributed by atoms with van der Waals surface area (Å²) in [5.41, 5.74) is 5.43. The van der Waals surface area contributed by atoms with Gasteiger partial charge >= 0.3 is 0 Å². The van der Waals surface area contributed by atoms with Gasteiger partial charge in [-0.05, 0) is 71.6 Å². The lowest BCUT2D eigenvalue weighted by molar-refractivity contribution is 0.414. The molecule has 1 aromatic heterocycles. The number of imidazole rings is 1. The molecule has 3 aromatic carbocycles. The summed E-state index contributed by atoms with van der Waals surface area (Å²) in [6, 6.07) is 24.7. The van der Waals surface area contributed by atoms with Crippen LogP contribution in [0.3, 0.4) is 0 Å². The van der Waals surface area contributed by atoms with E-state index in [4.69, 9.17) is 14.5 Å². The third-order valence-electron chi connectivity index (χ3n) is 5.36. The van der Waals surface area contributed by atoms with Crippen LogP contribution >= 0.6 is 11.8 Å². The van der Waals surface area contributed by atoms with Gasteiger partial charge in [0.1, 0.15) is 11.5 Å². The summed E-state index contributed by atoms with van der Waals surface area (Å²) >= 11 is 1.63. The van der Waals surface area contributed by atoms with Crippen molar-refractivity contribution in [2.24, 2.45) is 0 Å². The maximum absolute atomic E-state index is 5.32. The molecule has 0 spiro atoms. The molecule has 1 heterocycles. The number of hydrogen-bond acceptors (Lipinski definition) is 4. The number of methoxy groups -OCH3 is 2. The first-order valence-electron chi connectivity index (χ1n) is 10.5. The average Bonchev–Trinajstić information content (AvgIpc) is 3.22. The summed E-state index contributed by atoms with van der Waals surface area (Å²) in [5.74, 6) is 1.65. The molecule has 0 aliphatic carbocycles. The van der Waals surface area contributed by atoms with E-state index in [1.165, 1.54) is 5.56 Å². The second-order valence-corrected chi connectivity index (χ2v) is 9.66. The molecule has 4 aromatic rings. The van der Waals surface area contributed by atoms with Crippen molar-refractivity contribution in [1.29, 1.82) is 0 Å². The Morgan fingerprint density at radius 1 is 0.719 bits per heavy atom. The van der Waals surface area contributed by atoms with Crippen molar-refractivity contribution in [2.45, 2.75) is 36.2 Å². The highest BCUT2D eigenvalue weighted by Crippen LogP contribution is 2.36. The first kappa shape index (κ1) is 22.0. The van der Waals surface area contributed by atoms with Gasteiger partial charge in [-0.15, -0.1) is 0 Å². The van der Waals surface area contributed by atoms with Gasteiger partial charge < -0.3 is 14.5 Å². The molecule has 0 saturated carbocycles. The highest BCUT2D eigenvalue weighted by Gasteiger charge is 2.17. The molecule has 32 heavy (non-hydrogen) atoms. The second kappa shape index (κ2) is 9.13. The average molecular weight is 445 g/mol. The van der Waals surface area contributed by atoms with Crippen LogP contribution in [-0.2, 0) is 5.41 Å². The van der Waals surface area contributed by atoms with Crippen LogP contribution in [0, 0.1) is 0 Å². The lowest BCUT2D eigenvalue weighted by Crippen LogP contribution is -2.10. The largest absolute Gasteiger partial charge is 0.497 e. The van der Waals surface area contributed by atoms with Crippen molar-refractivity contribution >= 4 is 11.8 Å². The summed E-state index contributed by atoms with van der Waals surface area (Å²) in [7, 11) is 3.35. The number of nitrogens with one attached hydrogen (secondary N) is 1. The van der Waals surface area contributed by atoms with E-state index in [9.17, 15) is 0 Å². The minimum Gasteiger partial charge on any atom is -0.497 e. The molecular weight excluding hydrogens is 416 g/mol. The van der Waals surface area contributed by atoms with Gasteiger partial charge in [-0.3, -0.25) is 0 Å². The molecule has 164 valence electrons. The van der Waals surface area contributed by atoms with Gasteiger partial charge in [-0.1, -0.05) is 44.7 Å². The first-order valence-corrected chi connectivity index (χ1v) is 11.4. The Labute approximate surface area is 194 Å². The van der Waals surface area contributed by atoms with E-state index in [-0.39, 0.29) is 5.41 Å². The Morgan fingerprint density at radius 2 is 1.25 bits per heavy atom. The molecule has 0 radical (unpaired) electrons. The molecule has 1 N–H and O–H groups in total. The minimum absolute atomic E-state index is 0.136. The maximum Gasteiger partial charge on any atom is 0.171 e. The van der Waals surface area contributed by atoms with E-state index < -0.39 is 0 Å². The molecular formula is C27H28N2O2S. The van der Waals surface area contributed by atoms with Crippen LogP contribution in [0.4, 0.5) is 0 Å². The van der Waals surface area contributed by atoms with Crippen LogP contribution in [0.1, 0.15) is 26.3 Å². The summed E-state index contributed by atoms with van der Waals surface area (Å²) < 4.78 is 10.6. The van der Waals surface area contributed by atoms with Crippen LogP contribution < -0.4 is 9.47 Å². The number of benzene rings is 3. The third-order valence-corrected chi connectivity index (χ3v) is 6.25. The Kier molecular flexibility index (Phi) is 6.28. The Hall–Kier alpha value is -3.18. The van der Waals surface area contributed by atoms with Crippen LogP contribution in [0.15, 0.2) is 82.8 Å². The summed E-state index contributed by atoms with van der Waals surface area (Å²) in [4.78, 5) is 9.64. The van der Waals surface area contributed by atoms with Gasteiger partial charge in [0.05, 0.1) is 25.6 Å². The lowest BCUT2D eigenvalue weighted by Gasteiger charge is -2.18. The zero-order chi connectivity index (χ0) is 22.7. The molecule has 0 atom stereocenters. The van der Waals surface area contributed by atoms with Crippen molar-refractivity contribution in [3.63, 3.8) is 0 Å². The molecule has 4 nitrogen and oxygen atoms in total. The van der Waals surface area contributed by atoms with Crippen LogP contribution in [0.25, 0.3) is 22.5 Å². The predicted molar refractivity (Wildman–Crippen MR) is 132 cm³/mol. The van der Waals surface area contributed by atoms with Crippen molar-refractivity contribution in [1.82, 2.24) is 9.97 Å². The fraction of sp³-hybridized carbons (Fsp3) is 0.222. The van der Waals surface area contributed by atoms with Crippen LogP contribution in [0.5, 0.6) is 11.5 Å². The van der Waals surface area contributed by atoms with Gasteiger partial charge in [0, 0.05) is 16.0 Å². The molecule has 0 aliphatic rings. The van der Waals surface area contributed by atoms with E-state index in [0.29, 0.717) is 0 Å². The van der Waals surface area contributed by atoms with Gasteiger partial charge in [0.15, 0.2) is 5.16 Å². The highest BCUT2D eigenvalue weighted by atomic mass is 32.2. The molecule has 0 fully saturated rings. The van der Waals surface area contributed by atoms with Crippen molar-refractivity contribution in [3.05, 3.63) is 78.4 Å². The number of ether oxygens (including phenoxy) is 2. The summed E-state index contributed by atoms with van der Waals surface area (Å²) in [6.45, 7) is 6.68. The summed E-state index contributed by atoms with van der Waals surface area (Å²) in [5, 5.41) is 0.852. The lowest BCUT2D eigenvalue weighted by atomic mass is 9.87. The van der Waals surface area contributed by atoms with E-state index in [1.807, 2.05) is 48.5 Å². The van der Waals surface area contributed by atoms with Crippen molar-refractivity contribution < 1.29 is 9.47 Å². The molecule has 0 amide bonds. The fourth-order valence-electron chi connectivity index (χ4n) is 3.46. The molecule has 5 heteroatoms. The number of hydrogen-bond donors (Lipinski definition) is 1. The Balaban J connectivity index is 1.71. The zero-order valence-electron chi connectivity index (χ0n) is 19.1. The quantitative estimate of drug-likeness (QED) is 0.341. The first-order chi connectivity index (χ1) is 15.4. The molecule has 0 aliphatic heterocycles. The van der Waals surface area contributed by atoms with E-state index in [2.05, 4.69) is 50.0 Å².